The summed E-state index contributed by atoms with van der Waals surface area (Å²) in [7, 11) is 1.67. The monoisotopic (exact) mass is 477 g/mol. The topological polar surface area (TPSA) is 106 Å². The van der Waals surface area contributed by atoms with Gasteiger partial charge in [0, 0.05) is 50.3 Å². The average molecular weight is 477 g/mol. The Morgan fingerprint density at radius 1 is 1.29 bits per heavy atom. The zero-order chi connectivity index (χ0) is 24.3. The molecule has 1 aliphatic heterocycles. The van der Waals surface area contributed by atoms with Gasteiger partial charge in [-0.1, -0.05) is 0 Å². The van der Waals surface area contributed by atoms with E-state index in [1.165, 1.54) is 6.07 Å². The number of aromatic amines is 1. The van der Waals surface area contributed by atoms with E-state index >= 15 is 0 Å². The van der Waals surface area contributed by atoms with Crippen LogP contribution in [0.4, 0.5) is 18.9 Å². The highest BCUT2D eigenvalue weighted by molar-refractivity contribution is 5.99. The number of hydrogen-bond acceptors (Lipinski definition) is 6. The van der Waals surface area contributed by atoms with Gasteiger partial charge in [-0.25, -0.2) is 9.97 Å². The van der Waals surface area contributed by atoms with E-state index in [1.54, 1.807) is 18.2 Å². The lowest BCUT2D eigenvalue weighted by Crippen LogP contribution is -2.38. The number of nitrogen functional groups attached to an aromatic ring is 1. The highest BCUT2D eigenvalue weighted by Gasteiger charge is 2.32. The number of methoxy groups -OCH3 is 1. The van der Waals surface area contributed by atoms with Crippen LogP contribution in [0.1, 0.15) is 46.8 Å². The first kappa shape index (κ1) is 23.8. The van der Waals surface area contributed by atoms with Crippen LogP contribution in [0.2, 0.25) is 0 Å². The second kappa shape index (κ2) is 9.88. The molecule has 34 heavy (non-hydrogen) atoms. The Balaban J connectivity index is 1.42. The van der Waals surface area contributed by atoms with Crippen molar-refractivity contribution in [1.29, 1.82) is 0 Å². The predicted molar refractivity (Wildman–Crippen MR) is 120 cm³/mol. The Morgan fingerprint density at radius 3 is 2.74 bits per heavy atom. The maximum Gasteiger partial charge on any atom is 0.573 e. The number of carbonyl (C=O) groups is 1. The molecule has 3 N–H and O–H groups in total. The third kappa shape index (κ3) is 5.41. The van der Waals surface area contributed by atoms with Crippen molar-refractivity contribution in [2.24, 2.45) is 0 Å². The number of fused-ring (bicyclic) bond motifs is 1. The van der Waals surface area contributed by atoms with Crippen LogP contribution < -0.4 is 10.5 Å². The van der Waals surface area contributed by atoms with Gasteiger partial charge in [-0.3, -0.25) is 4.79 Å². The first-order valence-corrected chi connectivity index (χ1v) is 11.0. The summed E-state index contributed by atoms with van der Waals surface area (Å²) < 4.78 is 46.2. The van der Waals surface area contributed by atoms with E-state index in [4.69, 9.17) is 15.5 Å². The molecule has 0 spiro atoms. The van der Waals surface area contributed by atoms with Gasteiger partial charge in [-0.15, -0.1) is 13.2 Å². The van der Waals surface area contributed by atoms with Crippen LogP contribution in [0.25, 0.3) is 11.2 Å². The number of aromatic nitrogens is 3. The summed E-state index contributed by atoms with van der Waals surface area (Å²) in [6.07, 6.45) is 1.98. The minimum Gasteiger partial charge on any atom is -0.406 e. The molecule has 0 aliphatic carbocycles. The van der Waals surface area contributed by atoms with Crippen molar-refractivity contribution in [1.82, 2.24) is 19.9 Å². The fourth-order valence-corrected chi connectivity index (χ4v) is 4.27. The van der Waals surface area contributed by atoms with Gasteiger partial charge in [0.15, 0.2) is 5.65 Å². The van der Waals surface area contributed by atoms with Crippen molar-refractivity contribution in [2.45, 2.75) is 38.0 Å². The Bertz CT molecular complexity index is 1160. The first-order valence-electron chi connectivity index (χ1n) is 11.0. The van der Waals surface area contributed by atoms with Crippen LogP contribution in [0.5, 0.6) is 5.75 Å². The lowest BCUT2D eigenvalue weighted by molar-refractivity contribution is -0.274. The molecule has 3 heterocycles. The van der Waals surface area contributed by atoms with E-state index in [9.17, 15) is 18.0 Å². The maximum atomic E-state index is 12.9. The third-order valence-corrected chi connectivity index (χ3v) is 5.95. The van der Waals surface area contributed by atoms with E-state index in [2.05, 4.69) is 14.7 Å². The normalized spacial score (nSPS) is 15.1. The van der Waals surface area contributed by atoms with Gasteiger partial charge < -0.3 is 25.1 Å². The Labute approximate surface area is 194 Å². The summed E-state index contributed by atoms with van der Waals surface area (Å²) in [4.78, 5) is 27.1. The lowest BCUT2D eigenvalue weighted by atomic mass is 9.90. The highest BCUT2D eigenvalue weighted by Crippen LogP contribution is 2.33. The molecule has 1 fully saturated rings. The van der Waals surface area contributed by atoms with Gasteiger partial charge in [0.1, 0.15) is 11.3 Å². The number of likely N-dealkylation sites (tertiary alicyclic amines) is 1. The molecule has 0 saturated carbocycles. The van der Waals surface area contributed by atoms with E-state index in [1.807, 2.05) is 6.20 Å². The van der Waals surface area contributed by atoms with Crippen LogP contribution >= 0.6 is 0 Å². The Morgan fingerprint density at radius 2 is 2.06 bits per heavy atom. The summed E-state index contributed by atoms with van der Waals surface area (Å²) in [5, 5.41) is 0. The second-order valence-electron chi connectivity index (χ2n) is 8.26. The summed E-state index contributed by atoms with van der Waals surface area (Å²) in [5.74, 6) is -0.558. The van der Waals surface area contributed by atoms with Crippen molar-refractivity contribution in [3.05, 3.63) is 47.4 Å². The van der Waals surface area contributed by atoms with Crippen molar-refractivity contribution in [3.63, 3.8) is 0 Å². The molecule has 1 aliphatic rings. The number of nitrogens with two attached hydrogens (primary N) is 1. The van der Waals surface area contributed by atoms with Crippen molar-refractivity contribution in [2.75, 3.05) is 32.5 Å². The zero-order valence-electron chi connectivity index (χ0n) is 18.7. The lowest BCUT2D eigenvalue weighted by Gasteiger charge is -2.32. The number of hydrogen-bond donors (Lipinski definition) is 2. The molecule has 0 radical (unpaired) electrons. The molecule has 0 unspecified atom stereocenters. The van der Waals surface area contributed by atoms with E-state index in [0.29, 0.717) is 19.7 Å². The minimum atomic E-state index is -4.82. The van der Waals surface area contributed by atoms with Crippen LogP contribution in [0.15, 0.2) is 30.6 Å². The molecule has 1 aromatic carbocycles. The van der Waals surface area contributed by atoms with Crippen molar-refractivity contribution in [3.8, 4) is 5.75 Å². The van der Waals surface area contributed by atoms with Gasteiger partial charge >= 0.3 is 6.36 Å². The van der Waals surface area contributed by atoms with Gasteiger partial charge in [0.25, 0.3) is 5.91 Å². The van der Waals surface area contributed by atoms with E-state index < -0.39 is 12.1 Å². The van der Waals surface area contributed by atoms with E-state index in [0.717, 1.165) is 60.2 Å². The number of carbonyl (C=O) groups excluding carboxylic acids is 1. The number of nitrogens with zero attached hydrogens (tertiary/aromatic N) is 3. The summed E-state index contributed by atoms with van der Waals surface area (Å²) >= 11 is 0. The molecular formula is C23H26F3N5O3. The number of ether oxygens (including phenoxy) is 2. The third-order valence-electron chi connectivity index (χ3n) is 5.95. The molecule has 0 atom stereocenters. The number of nitrogens with one attached hydrogen (secondary N) is 1. The largest absolute Gasteiger partial charge is 0.573 e. The van der Waals surface area contributed by atoms with Crippen LogP contribution in [-0.2, 0) is 11.2 Å². The van der Waals surface area contributed by atoms with Gasteiger partial charge in [0.05, 0.1) is 17.5 Å². The molecule has 2 aromatic heterocycles. The predicted octanol–water partition coefficient (Wildman–Crippen LogP) is 4.04. The molecule has 0 bridgehead atoms. The number of amides is 1. The molecule has 3 aromatic rings. The number of alkyl halides is 3. The fraction of sp³-hybridized carbons (Fsp3) is 0.435. The van der Waals surface area contributed by atoms with Crippen LogP contribution in [-0.4, -0.2) is 58.9 Å². The second-order valence-corrected chi connectivity index (χ2v) is 8.26. The molecule has 4 rings (SSSR count). The number of aryl methyl sites for hydroxylation is 1. The van der Waals surface area contributed by atoms with Crippen LogP contribution in [0.3, 0.4) is 0 Å². The quantitative estimate of drug-likeness (QED) is 0.393. The highest BCUT2D eigenvalue weighted by atomic mass is 19.4. The standard InChI is InChI=1S/C23H26F3N5O3/c1-33-10-2-3-15-12-28-21-20(30-15)18(13-29-21)14-6-8-31(9-7-14)22(32)17-5-4-16(11-19(17)27)34-23(24,25)26/h4-5,11-14H,2-3,6-10,27H2,1H3,(H,28,29). The molecular weight excluding hydrogens is 451 g/mol. The Kier molecular flexibility index (Phi) is 6.92. The molecule has 1 saturated heterocycles. The smallest absolute Gasteiger partial charge is 0.406 e. The average Bonchev–Trinajstić information content (AvgIpc) is 3.21. The molecule has 8 nitrogen and oxygen atoms in total. The van der Waals surface area contributed by atoms with E-state index in [-0.39, 0.29) is 23.1 Å². The number of anilines is 1. The molecule has 1 amide bonds. The molecule has 182 valence electrons. The Hall–Kier alpha value is -3.34. The SMILES string of the molecule is COCCCc1cnc2[nH]cc(C3CCN(C(=O)c4ccc(OC(F)(F)F)cc4N)CC3)c2n1. The number of piperidine rings is 1. The number of H-pyrrole nitrogens is 1. The summed E-state index contributed by atoms with van der Waals surface area (Å²) in [5.41, 5.74) is 9.53. The zero-order valence-corrected chi connectivity index (χ0v) is 18.7. The van der Waals surface area contributed by atoms with Crippen molar-refractivity contribution >= 4 is 22.8 Å². The van der Waals surface area contributed by atoms with Crippen molar-refractivity contribution < 1.29 is 27.4 Å². The minimum absolute atomic E-state index is 0.0539. The van der Waals surface area contributed by atoms with Gasteiger partial charge in [0.2, 0.25) is 0 Å². The molecule has 11 heteroatoms. The summed E-state index contributed by atoms with van der Waals surface area (Å²) in [6, 6.07) is 3.38. The number of halogens is 3. The number of benzene rings is 1. The van der Waals surface area contributed by atoms with Gasteiger partial charge in [-0.2, -0.15) is 0 Å². The maximum absolute atomic E-state index is 12.9. The number of rotatable bonds is 7. The summed E-state index contributed by atoms with van der Waals surface area (Å²) in [6.45, 7) is 1.66. The first-order chi connectivity index (χ1) is 16.2. The fourth-order valence-electron chi connectivity index (χ4n) is 4.27. The van der Waals surface area contributed by atoms with Gasteiger partial charge in [-0.05, 0) is 43.7 Å². The van der Waals surface area contributed by atoms with Crippen LogP contribution in [0, 0.1) is 0 Å².